The van der Waals surface area contributed by atoms with Gasteiger partial charge in [-0.15, -0.1) is 0 Å². The Bertz CT molecular complexity index is 174. The fourth-order valence-corrected chi connectivity index (χ4v) is 11.8. The Balaban J connectivity index is 1.96. The Labute approximate surface area is 105 Å². The Kier molecular flexibility index (Phi) is 4.81. The van der Waals surface area contributed by atoms with Gasteiger partial charge in [-0.1, -0.05) is 0 Å². The van der Waals surface area contributed by atoms with Gasteiger partial charge in [0, 0.05) is 0 Å². The second-order valence-corrected chi connectivity index (χ2v) is 16.1. The minimum absolute atomic E-state index is 0.737. The molecule has 0 atom stereocenters. The van der Waals surface area contributed by atoms with Gasteiger partial charge >= 0.3 is 105 Å². The van der Waals surface area contributed by atoms with E-state index in [1.807, 2.05) is 0 Å². The summed E-state index contributed by atoms with van der Waals surface area (Å²) in [6, 6.07) is 0. The molecule has 0 unspecified atom stereocenters. The van der Waals surface area contributed by atoms with Crippen molar-refractivity contribution in [3.8, 4) is 0 Å². The second kappa shape index (κ2) is 5.70. The van der Waals surface area contributed by atoms with Gasteiger partial charge in [0.25, 0.3) is 0 Å². The Morgan fingerprint density at radius 1 is 0.600 bits per heavy atom. The number of rotatable bonds is 2. The van der Waals surface area contributed by atoms with Gasteiger partial charge in [0.2, 0.25) is 0 Å². The molecule has 92 valence electrons. The summed E-state index contributed by atoms with van der Waals surface area (Å²) in [5.74, 6) is 0. The van der Waals surface area contributed by atoms with Gasteiger partial charge in [0.05, 0.1) is 0 Å². The normalized spacial score (nSPS) is 27.9. The molecule has 0 aromatic rings. The third-order valence-electron chi connectivity index (χ3n) is 3.81. The third-order valence-corrected chi connectivity index (χ3v) is 14.8. The second-order valence-electron chi connectivity index (χ2n) is 4.91. The molecule has 2 saturated carbocycles. The standard InChI is InChI=1S/2C6H11.2ClH.Ru/c2*1-2-4-6-5-3-1;;;/h2*1H,2-6H2;2*1H;/q;;;;+2/p-2. The summed E-state index contributed by atoms with van der Waals surface area (Å²) in [7, 11) is 13.7. The zero-order valence-corrected chi connectivity index (χ0v) is 12.6. The molecule has 0 bridgehead atoms. The van der Waals surface area contributed by atoms with Crippen LogP contribution in [0.1, 0.15) is 64.2 Å². The summed E-state index contributed by atoms with van der Waals surface area (Å²) in [6.07, 6.45) is 13.6. The molecule has 0 radical (unpaired) electrons. The molecule has 2 aliphatic carbocycles. The Morgan fingerprint density at radius 3 is 1.27 bits per heavy atom. The van der Waals surface area contributed by atoms with Crippen LogP contribution in [0.15, 0.2) is 0 Å². The molecule has 15 heavy (non-hydrogen) atoms. The van der Waals surface area contributed by atoms with Gasteiger partial charge in [0.1, 0.15) is 0 Å². The average molecular weight is 338 g/mol. The van der Waals surface area contributed by atoms with E-state index < -0.39 is 12.8 Å². The summed E-state index contributed by atoms with van der Waals surface area (Å²) in [5.41, 5.74) is 0. The maximum absolute atomic E-state index is 6.83. The Morgan fingerprint density at radius 2 is 0.933 bits per heavy atom. The quantitative estimate of drug-likeness (QED) is 0.546. The topological polar surface area (TPSA) is 0 Å². The molecule has 0 N–H and O–H groups in total. The van der Waals surface area contributed by atoms with E-state index >= 15 is 0 Å². The van der Waals surface area contributed by atoms with Crippen LogP contribution in [0, 0.1) is 0 Å². The van der Waals surface area contributed by atoms with Crippen LogP contribution in [0.4, 0.5) is 0 Å². The molecule has 0 aliphatic heterocycles. The first kappa shape index (κ1) is 12.7. The van der Waals surface area contributed by atoms with Crippen LogP contribution < -0.4 is 0 Å². The van der Waals surface area contributed by atoms with Crippen molar-refractivity contribution < 1.29 is 12.8 Å². The molecule has 2 fully saturated rings. The SMILES string of the molecule is [Cl][Ru]([Cl])([CH]1CCCCC1)[CH]1CCCCC1. The molecular formula is C12H22Cl2Ru. The average Bonchev–Trinajstić information content (AvgIpc) is 2.31. The van der Waals surface area contributed by atoms with E-state index in [2.05, 4.69) is 0 Å². The molecule has 0 aromatic heterocycles. The van der Waals surface area contributed by atoms with Gasteiger partial charge in [0.15, 0.2) is 0 Å². The van der Waals surface area contributed by atoms with E-state index in [0.717, 1.165) is 9.02 Å². The predicted octanol–water partition coefficient (Wildman–Crippen LogP) is 5.95. The third kappa shape index (κ3) is 3.11. The van der Waals surface area contributed by atoms with E-state index in [0.29, 0.717) is 0 Å². The molecule has 0 nitrogen and oxygen atoms in total. The Hall–Kier alpha value is 1.20. The number of hydrogen-bond donors (Lipinski definition) is 0. The van der Waals surface area contributed by atoms with Crippen LogP contribution in [0.2, 0.25) is 9.02 Å². The molecule has 3 heteroatoms. The first-order valence-electron chi connectivity index (χ1n) is 6.31. The van der Waals surface area contributed by atoms with Crippen molar-refractivity contribution in [2.45, 2.75) is 73.2 Å². The van der Waals surface area contributed by atoms with Crippen molar-refractivity contribution in [2.24, 2.45) is 0 Å². The van der Waals surface area contributed by atoms with Crippen molar-refractivity contribution >= 4 is 19.4 Å². The van der Waals surface area contributed by atoms with E-state index in [1.54, 1.807) is 0 Å². The molecule has 0 spiro atoms. The van der Waals surface area contributed by atoms with Gasteiger partial charge < -0.3 is 0 Å². The van der Waals surface area contributed by atoms with E-state index in [-0.39, 0.29) is 0 Å². The monoisotopic (exact) mass is 338 g/mol. The van der Waals surface area contributed by atoms with Crippen LogP contribution >= 0.6 is 19.4 Å². The zero-order valence-electron chi connectivity index (χ0n) is 9.34. The summed E-state index contributed by atoms with van der Waals surface area (Å²) in [6.45, 7) is 0. The van der Waals surface area contributed by atoms with Gasteiger partial charge in [-0.25, -0.2) is 0 Å². The van der Waals surface area contributed by atoms with Crippen LogP contribution in [-0.4, -0.2) is 0 Å². The molecule has 0 heterocycles. The van der Waals surface area contributed by atoms with E-state index in [1.165, 1.54) is 64.2 Å². The first-order valence-corrected chi connectivity index (χ1v) is 12.8. The van der Waals surface area contributed by atoms with E-state index in [9.17, 15) is 0 Å². The van der Waals surface area contributed by atoms with Crippen LogP contribution in [0.25, 0.3) is 0 Å². The van der Waals surface area contributed by atoms with Crippen LogP contribution in [0.3, 0.4) is 0 Å². The van der Waals surface area contributed by atoms with E-state index in [4.69, 9.17) is 19.4 Å². The van der Waals surface area contributed by atoms with Crippen molar-refractivity contribution in [3.05, 3.63) is 0 Å². The molecule has 2 rings (SSSR count). The fourth-order valence-electron chi connectivity index (χ4n) is 2.87. The van der Waals surface area contributed by atoms with Gasteiger partial charge in [-0.3, -0.25) is 0 Å². The summed E-state index contributed by atoms with van der Waals surface area (Å²) in [4.78, 5) is 0. The number of halogens is 2. The van der Waals surface area contributed by atoms with Gasteiger partial charge in [-0.05, 0) is 0 Å². The fraction of sp³-hybridized carbons (Fsp3) is 1.00. The van der Waals surface area contributed by atoms with Crippen LogP contribution in [0.5, 0.6) is 0 Å². The minimum atomic E-state index is -2.30. The molecule has 0 amide bonds. The molecular weight excluding hydrogens is 316 g/mol. The van der Waals surface area contributed by atoms with Crippen molar-refractivity contribution in [2.75, 3.05) is 0 Å². The van der Waals surface area contributed by atoms with Crippen molar-refractivity contribution in [1.29, 1.82) is 0 Å². The first-order chi connectivity index (χ1) is 7.21. The van der Waals surface area contributed by atoms with Crippen LogP contribution in [-0.2, 0) is 12.8 Å². The summed E-state index contributed by atoms with van der Waals surface area (Å²) < 4.78 is 1.47. The van der Waals surface area contributed by atoms with Crippen molar-refractivity contribution in [3.63, 3.8) is 0 Å². The van der Waals surface area contributed by atoms with Crippen molar-refractivity contribution in [1.82, 2.24) is 0 Å². The maximum atomic E-state index is 6.83. The zero-order chi connectivity index (χ0) is 10.7. The van der Waals surface area contributed by atoms with Gasteiger partial charge in [-0.2, -0.15) is 0 Å². The summed E-state index contributed by atoms with van der Waals surface area (Å²) in [5, 5.41) is 0. The molecule has 2 aliphatic rings. The molecule has 0 aromatic carbocycles. The molecule has 0 saturated heterocycles. The predicted molar refractivity (Wildman–Crippen MR) is 65.4 cm³/mol. The summed E-state index contributed by atoms with van der Waals surface area (Å²) >= 11 is -2.30. The number of hydrogen-bond acceptors (Lipinski definition) is 0.